The van der Waals surface area contributed by atoms with Gasteiger partial charge in [0.2, 0.25) is 0 Å². The second-order valence-electron chi connectivity index (χ2n) is 5.61. The fourth-order valence-electron chi connectivity index (χ4n) is 2.89. The first-order valence-corrected chi connectivity index (χ1v) is 8.01. The van der Waals surface area contributed by atoms with Gasteiger partial charge in [-0.05, 0) is 24.1 Å². The third-order valence-corrected chi connectivity index (χ3v) is 4.33. The number of rotatable bonds is 3. The Kier molecular flexibility index (Phi) is 4.57. The zero-order valence-corrected chi connectivity index (χ0v) is 14.5. The van der Waals surface area contributed by atoms with E-state index in [-0.39, 0.29) is 22.1 Å². The number of nitriles is 1. The van der Waals surface area contributed by atoms with Crippen LogP contribution in [0.2, 0.25) is 5.02 Å². The Hall–Kier alpha value is -3.43. The van der Waals surface area contributed by atoms with Gasteiger partial charge in [0.05, 0.1) is 4.92 Å². The molecule has 0 atom stereocenters. The van der Waals surface area contributed by atoms with Crippen molar-refractivity contribution >= 4 is 23.1 Å². The molecule has 7 heteroatoms. The van der Waals surface area contributed by atoms with Gasteiger partial charge >= 0.3 is 0 Å². The lowest BCUT2D eigenvalue weighted by Gasteiger charge is -2.16. The lowest BCUT2D eigenvalue weighted by atomic mass is 9.90. The summed E-state index contributed by atoms with van der Waals surface area (Å²) in [7, 11) is 0. The summed E-state index contributed by atoms with van der Waals surface area (Å²) in [5, 5.41) is 20.9. The van der Waals surface area contributed by atoms with Crippen molar-refractivity contribution in [1.29, 1.82) is 5.26 Å². The van der Waals surface area contributed by atoms with Crippen LogP contribution in [0.4, 0.5) is 11.5 Å². The summed E-state index contributed by atoms with van der Waals surface area (Å²) in [6.07, 6.45) is 0. The highest BCUT2D eigenvalue weighted by atomic mass is 35.5. The predicted octanol–water partition coefficient (Wildman–Crippen LogP) is 4.74. The molecule has 3 rings (SSSR count). The maximum absolute atomic E-state index is 11.3. The average molecular weight is 365 g/mol. The van der Waals surface area contributed by atoms with E-state index in [1.54, 1.807) is 13.0 Å². The highest BCUT2D eigenvalue weighted by Crippen LogP contribution is 2.40. The molecule has 0 saturated heterocycles. The van der Waals surface area contributed by atoms with E-state index in [1.807, 2.05) is 30.3 Å². The number of nitro benzene ring substituents is 1. The van der Waals surface area contributed by atoms with Gasteiger partial charge in [-0.25, -0.2) is 4.98 Å². The van der Waals surface area contributed by atoms with Gasteiger partial charge in [0.1, 0.15) is 22.5 Å². The predicted molar refractivity (Wildman–Crippen MR) is 101 cm³/mol. The normalized spacial score (nSPS) is 10.3. The van der Waals surface area contributed by atoms with Crippen LogP contribution >= 0.6 is 11.6 Å². The largest absolute Gasteiger partial charge is 0.383 e. The summed E-state index contributed by atoms with van der Waals surface area (Å²) >= 11 is 5.93. The third kappa shape index (κ3) is 2.96. The number of aromatic nitrogens is 1. The number of nitrogen functional groups attached to an aromatic ring is 1. The summed E-state index contributed by atoms with van der Waals surface area (Å²) in [6.45, 7) is 1.79. The minimum atomic E-state index is -0.558. The number of halogens is 1. The molecule has 0 fully saturated rings. The van der Waals surface area contributed by atoms with Gasteiger partial charge in [0.25, 0.3) is 5.69 Å². The van der Waals surface area contributed by atoms with E-state index in [9.17, 15) is 15.4 Å². The number of aryl methyl sites for hydroxylation is 1. The number of benzene rings is 2. The minimum Gasteiger partial charge on any atom is -0.383 e. The van der Waals surface area contributed by atoms with Crippen LogP contribution in [-0.4, -0.2) is 9.91 Å². The van der Waals surface area contributed by atoms with E-state index in [0.717, 1.165) is 5.56 Å². The van der Waals surface area contributed by atoms with Crippen molar-refractivity contribution in [3.05, 3.63) is 74.9 Å². The van der Waals surface area contributed by atoms with Gasteiger partial charge in [-0.3, -0.25) is 10.1 Å². The van der Waals surface area contributed by atoms with Crippen molar-refractivity contribution in [1.82, 2.24) is 4.98 Å². The van der Waals surface area contributed by atoms with Crippen LogP contribution in [0.3, 0.4) is 0 Å². The molecule has 26 heavy (non-hydrogen) atoms. The number of nitrogens with two attached hydrogens (primary N) is 1. The quantitative estimate of drug-likeness (QED) is 0.533. The van der Waals surface area contributed by atoms with Gasteiger partial charge in [0, 0.05) is 22.9 Å². The van der Waals surface area contributed by atoms with E-state index in [2.05, 4.69) is 11.1 Å². The molecule has 0 unspecified atom stereocenters. The van der Waals surface area contributed by atoms with Crippen molar-refractivity contribution in [3.63, 3.8) is 0 Å². The zero-order valence-electron chi connectivity index (χ0n) is 13.7. The highest BCUT2D eigenvalue weighted by molar-refractivity contribution is 6.32. The van der Waals surface area contributed by atoms with E-state index < -0.39 is 4.92 Å². The van der Waals surface area contributed by atoms with Crippen LogP contribution < -0.4 is 5.73 Å². The van der Waals surface area contributed by atoms with Gasteiger partial charge < -0.3 is 5.73 Å². The van der Waals surface area contributed by atoms with Gasteiger partial charge in [-0.1, -0.05) is 48.0 Å². The van der Waals surface area contributed by atoms with Crippen molar-refractivity contribution < 1.29 is 4.92 Å². The number of nitro groups is 1. The molecular formula is C19H13ClN4O2. The van der Waals surface area contributed by atoms with E-state index >= 15 is 0 Å². The maximum Gasteiger partial charge on any atom is 0.288 e. The molecular weight excluding hydrogens is 352 g/mol. The van der Waals surface area contributed by atoms with Crippen LogP contribution in [0.1, 0.15) is 11.3 Å². The fraction of sp³-hybridized carbons (Fsp3) is 0.0526. The first-order chi connectivity index (χ1) is 12.4. The molecule has 1 aromatic heterocycles. The van der Waals surface area contributed by atoms with Crippen LogP contribution in [0.25, 0.3) is 22.3 Å². The summed E-state index contributed by atoms with van der Waals surface area (Å²) in [5.41, 5.74) is 9.03. The molecule has 3 aromatic rings. The first-order valence-electron chi connectivity index (χ1n) is 7.64. The molecule has 2 N–H and O–H groups in total. The SMILES string of the molecule is Cc1nc(N)c(C#N)c(-c2ccc(Cl)c([N+](=O)[O-])c2)c1-c1ccccc1. The van der Waals surface area contributed by atoms with Crippen molar-refractivity contribution in [2.75, 3.05) is 5.73 Å². The molecule has 0 aliphatic rings. The molecule has 0 bridgehead atoms. The summed E-state index contributed by atoms with van der Waals surface area (Å²) < 4.78 is 0. The molecule has 6 nitrogen and oxygen atoms in total. The molecule has 2 aromatic carbocycles. The fourth-order valence-corrected chi connectivity index (χ4v) is 3.08. The summed E-state index contributed by atoms with van der Waals surface area (Å²) in [5.74, 6) is 0.0808. The Morgan fingerprint density at radius 3 is 2.46 bits per heavy atom. The molecule has 0 amide bonds. The molecule has 0 aliphatic heterocycles. The van der Waals surface area contributed by atoms with Crippen molar-refractivity contribution in [3.8, 4) is 28.3 Å². The molecule has 0 radical (unpaired) electrons. The number of hydrogen-bond acceptors (Lipinski definition) is 5. The van der Waals surface area contributed by atoms with E-state index in [1.165, 1.54) is 12.1 Å². The monoisotopic (exact) mass is 364 g/mol. The molecule has 0 saturated carbocycles. The third-order valence-electron chi connectivity index (χ3n) is 4.01. The van der Waals surface area contributed by atoms with Gasteiger partial charge in [0.15, 0.2) is 0 Å². The topological polar surface area (TPSA) is 106 Å². The number of hydrogen-bond donors (Lipinski definition) is 1. The second kappa shape index (κ2) is 6.82. The molecule has 128 valence electrons. The minimum absolute atomic E-state index is 0.0252. The Morgan fingerprint density at radius 1 is 1.15 bits per heavy atom. The van der Waals surface area contributed by atoms with E-state index in [4.69, 9.17) is 17.3 Å². The Bertz CT molecular complexity index is 1060. The summed E-state index contributed by atoms with van der Waals surface area (Å²) in [4.78, 5) is 15.0. The van der Waals surface area contributed by atoms with Gasteiger partial charge in [-0.15, -0.1) is 0 Å². The Balaban J connectivity index is 2.42. The van der Waals surface area contributed by atoms with Crippen LogP contribution in [0, 0.1) is 28.4 Å². The van der Waals surface area contributed by atoms with Crippen LogP contribution in [0.5, 0.6) is 0 Å². The molecule has 0 aliphatic carbocycles. The number of pyridine rings is 1. The first kappa shape index (κ1) is 17.4. The average Bonchev–Trinajstić information content (AvgIpc) is 2.62. The standard InChI is InChI=1S/C19H13ClN4O2/c1-11-17(12-5-3-2-4-6-12)18(14(10-21)19(22)23-11)13-7-8-15(20)16(9-13)24(25)26/h2-9H,1H3,(H2,22,23). The van der Waals surface area contributed by atoms with Crippen molar-refractivity contribution in [2.45, 2.75) is 6.92 Å². The number of nitrogens with zero attached hydrogens (tertiary/aromatic N) is 3. The summed E-state index contributed by atoms with van der Waals surface area (Å²) in [6, 6.07) is 15.9. The molecule has 0 spiro atoms. The van der Waals surface area contributed by atoms with Crippen molar-refractivity contribution in [2.24, 2.45) is 0 Å². The Morgan fingerprint density at radius 2 is 1.85 bits per heavy atom. The molecule has 1 heterocycles. The van der Waals surface area contributed by atoms with E-state index in [0.29, 0.717) is 22.4 Å². The second-order valence-corrected chi connectivity index (χ2v) is 6.02. The Labute approximate surface area is 154 Å². The maximum atomic E-state index is 11.3. The highest BCUT2D eigenvalue weighted by Gasteiger charge is 2.22. The van der Waals surface area contributed by atoms with Crippen LogP contribution in [-0.2, 0) is 0 Å². The lowest BCUT2D eigenvalue weighted by Crippen LogP contribution is -2.03. The van der Waals surface area contributed by atoms with Gasteiger partial charge in [-0.2, -0.15) is 5.26 Å². The number of anilines is 1. The smallest absolute Gasteiger partial charge is 0.288 e. The van der Waals surface area contributed by atoms with Crippen LogP contribution in [0.15, 0.2) is 48.5 Å². The lowest BCUT2D eigenvalue weighted by molar-refractivity contribution is -0.384. The zero-order chi connectivity index (χ0) is 18.8.